The van der Waals surface area contributed by atoms with Crippen LogP contribution in [0.15, 0.2) is 43.0 Å². The van der Waals surface area contributed by atoms with Gasteiger partial charge in [-0.1, -0.05) is 19.1 Å². The van der Waals surface area contributed by atoms with Gasteiger partial charge in [-0.25, -0.2) is 9.67 Å². The fourth-order valence-electron chi connectivity index (χ4n) is 2.59. The smallest absolute Gasteiger partial charge is 0.261 e. The summed E-state index contributed by atoms with van der Waals surface area (Å²) in [5, 5.41) is 7.17. The van der Waals surface area contributed by atoms with Crippen LogP contribution in [0.3, 0.4) is 0 Å². The second-order valence-corrected chi connectivity index (χ2v) is 6.83. The van der Waals surface area contributed by atoms with E-state index in [1.165, 1.54) is 16.8 Å². The first-order chi connectivity index (χ1) is 11.6. The largest absolute Gasteiger partial charge is 0.345 e. The van der Waals surface area contributed by atoms with Crippen LogP contribution in [0.2, 0.25) is 0 Å². The number of hydrogen-bond donors (Lipinski definition) is 1. The number of carbonyl (C=O) groups excluding carboxylic acids is 1. The molecule has 0 aliphatic rings. The number of thiophene rings is 1. The van der Waals surface area contributed by atoms with Crippen molar-refractivity contribution >= 4 is 17.2 Å². The van der Waals surface area contributed by atoms with E-state index >= 15 is 0 Å². The van der Waals surface area contributed by atoms with Gasteiger partial charge >= 0.3 is 0 Å². The molecule has 2 aromatic heterocycles. The maximum Gasteiger partial charge on any atom is 0.261 e. The number of hydrogen-bond acceptors (Lipinski definition) is 4. The number of nitrogens with zero attached hydrogens (tertiary/aromatic N) is 3. The minimum absolute atomic E-state index is 0.0179. The Balaban J connectivity index is 1.69. The quantitative estimate of drug-likeness (QED) is 0.770. The summed E-state index contributed by atoms with van der Waals surface area (Å²) in [5.41, 5.74) is 3.19. The van der Waals surface area contributed by atoms with Crippen molar-refractivity contribution in [3.05, 3.63) is 63.9 Å². The lowest BCUT2D eigenvalue weighted by molar-refractivity contribution is 0.0944. The lowest BCUT2D eigenvalue weighted by atomic mass is 10.1. The van der Waals surface area contributed by atoms with Gasteiger partial charge in [0.2, 0.25) is 0 Å². The van der Waals surface area contributed by atoms with Gasteiger partial charge in [-0.05, 0) is 49.6 Å². The summed E-state index contributed by atoms with van der Waals surface area (Å²) >= 11 is 1.57. The normalized spacial score (nSPS) is 12.1. The zero-order valence-corrected chi connectivity index (χ0v) is 14.8. The van der Waals surface area contributed by atoms with E-state index in [0.29, 0.717) is 0 Å². The summed E-state index contributed by atoms with van der Waals surface area (Å²) in [5.74, 6) is -0.0179. The molecule has 24 heavy (non-hydrogen) atoms. The topological polar surface area (TPSA) is 59.8 Å². The highest BCUT2D eigenvalue weighted by Crippen LogP contribution is 2.23. The average molecular weight is 340 g/mol. The molecule has 0 aliphatic carbocycles. The molecule has 6 heteroatoms. The van der Waals surface area contributed by atoms with E-state index in [2.05, 4.69) is 29.2 Å². The van der Waals surface area contributed by atoms with Gasteiger partial charge in [0.05, 0.1) is 16.6 Å². The Morgan fingerprint density at radius 1 is 1.33 bits per heavy atom. The van der Waals surface area contributed by atoms with Gasteiger partial charge in [0.15, 0.2) is 0 Å². The Morgan fingerprint density at radius 2 is 2.08 bits per heavy atom. The fraction of sp³-hybridized carbons (Fsp3) is 0.278. The molecule has 0 saturated heterocycles. The van der Waals surface area contributed by atoms with Crippen LogP contribution >= 0.6 is 11.3 Å². The van der Waals surface area contributed by atoms with Gasteiger partial charge in [0.25, 0.3) is 5.91 Å². The van der Waals surface area contributed by atoms with Crippen LogP contribution in [0.25, 0.3) is 5.69 Å². The molecule has 5 nitrogen and oxygen atoms in total. The molecule has 2 heterocycles. The second-order valence-electron chi connectivity index (χ2n) is 5.70. The van der Waals surface area contributed by atoms with E-state index < -0.39 is 0 Å². The molecule has 0 fully saturated rings. The maximum atomic E-state index is 12.4. The van der Waals surface area contributed by atoms with Crippen molar-refractivity contribution in [2.75, 3.05) is 0 Å². The minimum atomic E-state index is -0.0604. The molecular weight excluding hydrogens is 320 g/mol. The molecule has 0 spiro atoms. The van der Waals surface area contributed by atoms with Crippen molar-refractivity contribution in [2.45, 2.75) is 33.2 Å². The van der Waals surface area contributed by atoms with Crippen molar-refractivity contribution in [1.29, 1.82) is 0 Å². The van der Waals surface area contributed by atoms with Crippen LogP contribution in [-0.4, -0.2) is 20.7 Å². The first kappa shape index (κ1) is 16.4. The number of carbonyl (C=O) groups is 1. The van der Waals surface area contributed by atoms with Gasteiger partial charge in [-0.3, -0.25) is 4.79 Å². The fourth-order valence-corrected chi connectivity index (χ4v) is 3.61. The van der Waals surface area contributed by atoms with E-state index in [0.717, 1.165) is 22.5 Å². The Labute approximate surface area is 145 Å². The Hall–Kier alpha value is -2.47. The van der Waals surface area contributed by atoms with E-state index in [1.54, 1.807) is 22.3 Å². The monoisotopic (exact) mass is 340 g/mol. The molecule has 0 aliphatic heterocycles. The van der Waals surface area contributed by atoms with Gasteiger partial charge in [-0.15, -0.1) is 11.3 Å². The second kappa shape index (κ2) is 6.97. The van der Waals surface area contributed by atoms with Gasteiger partial charge in [-0.2, -0.15) is 5.10 Å². The highest BCUT2D eigenvalue weighted by molar-refractivity contribution is 7.14. The standard InChI is InChI=1S/C18H20N4OS/c1-4-16-12(2)9-17(24-16)18(23)21-13(3)14-5-7-15(8-6-14)22-11-19-10-20-22/h5-11,13H,4H2,1-3H3,(H,21,23). The highest BCUT2D eigenvalue weighted by Gasteiger charge is 2.15. The number of aromatic nitrogens is 3. The molecule has 3 aromatic rings. The van der Waals surface area contributed by atoms with Crippen LogP contribution in [0.4, 0.5) is 0 Å². The molecule has 0 saturated carbocycles. The van der Waals surface area contributed by atoms with E-state index in [1.807, 2.05) is 37.3 Å². The average Bonchev–Trinajstić information content (AvgIpc) is 3.24. The van der Waals surface area contributed by atoms with Crippen LogP contribution in [0.1, 0.15) is 45.6 Å². The van der Waals surface area contributed by atoms with Crippen LogP contribution in [-0.2, 0) is 6.42 Å². The van der Waals surface area contributed by atoms with Crippen molar-refractivity contribution in [2.24, 2.45) is 0 Å². The van der Waals surface area contributed by atoms with Crippen LogP contribution in [0.5, 0.6) is 0 Å². The summed E-state index contributed by atoms with van der Waals surface area (Å²) < 4.78 is 1.70. The Morgan fingerprint density at radius 3 is 2.67 bits per heavy atom. The minimum Gasteiger partial charge on any atom is -0.345 e. The third kappa shape index (κ3) is 3.38. The summed E-state index contributed by atoms with van der Waals surface area (Å²) in [6.45, 7) is 6.15. The zero-order chi connectivity index (χ0) is 17.1. The van der Waals surface area contributed by atoms with Crippen molar-refractivity contribution in [3.8, 4) is 5.69 Å². The molecule has 1 amide bonds. The summed E-state index contributed by atoms with van der Waals surface area (Å²) in [4.78, 5) is 18.4. The number of amides is 1. The predicted molar refractivity (Wildman–Crippen MR) is 95.7 cm³/mol. The molecule has 124 valence electrons. The maximum absolute atomic E-state index is 12.4. The SMILES string of the molecule is CCc1sc(C(=O)NC(C)c2ccc(-n3cncn3)cc2)cc1C. The van der Waals surface area contributed by atoms with E-state index in [9.17, 15) is 4.79 Å². The number of nitrogens with one attached hydrogen (secondary N) is 1. The van der Waals surface area contributed by atoms with Crippen LogP contribution < -0.4 is 5.32 Å². The third-order valence-electron chi connectivity index (χ3n) is 3.99. The van der Waals surface area contributed by atoms with Gasteiger partial charge in [0.1, 0.15) is 12.7 Å². The van der Waals surface area contributed by atoms with Gasteiger partial charge in [0, 0.05) is 4.88 Å². The van der Waals surface area contributed by atoms with E-state index in [4.69, 9.17) is 0 Å². The number of rotatable bonds is 5. The summed E-state index contributed by atoms with van der Waals surface area (Å²) in [7, 11) is 0. The zero-order valence-electron chi connectivity index (χ0n) is 14.0. The molecule has 0 radical (unpaired) electrons. The highest BCUT2D eigenvalue weighted by atomic mass is 32.1. The first-order valence-electron chi connectivity index (χ1n) is 7.93. The molecular formula is C18H20N4OS. The molecule has 3 rings (SSSR count). The summed E-state index contributed by atoms with van der Waals surface area (Å²) in [6, 6.07) is 9.85. The predicted octanol–water partition coefficient (Wildman–Crippen LogP) is 3.69. The third-order valence-corrected chi connectivity index (χ3v) is 5.37. The molecule has 1 aromatic carbocycles. The number of aryl methyl sites for hydroxylation is 2. The van der Waals surface area contributed by atoms with Gasteiger partial charge < -0.3 is 5.32 Å². The van der Waals surface area contributed by atoms with Crippen molar-refractivity contribution in [1.82, 2.24) is 20.1 Å². The lowest BCUT2D eigenvalue weighted by Crippen LogP contribution is -2.25. The Kier molecular flexibility index (Phi) is 4.76. The lowest BCUT2D eigenvalue weighted by Gasteiger charge is -2.14. The van der Waals surface area contributed by atoms with E-state index in [-0.39, 0.29) is 11.9 Å². The van der Waals surface area contributed by atoms with Crippen LogP contribution in [0, 0.1) is 6.92 Å². The summed E-state index contributed by atoms with van der Waals surface area (Å²) in [6.07, 6.45) is 4.12. The molecule has 1 unspecified atom stereocenters. The van der Waals surface area contributed by atoms with Crippen molar-refractivity contribution in [3.63, 3.8) is 0 Å². The molecule has 0 bridgehead atoms. The molecule has 1 atom stereocenters. The molecule has 1 N–H and O–H groups in total. The first-order valence-corrected chi connectivity index (χ1v) is 8.75. The Bertz CT molecular complexity index is 821. The van der Waals surface area contributed by atoms with Crippen molar-refractivity contribution < 1.29 is 4.79 Å². The number of benzene rings is 1.